The van der Waals surface area contributed by atoms with Crippen molar-refractivity contribution in [3.05, 3.63) is 52.5 Å². The molecule has 120 valence electrons. The smallest absolute Gasteiger partial charge is 0.246 e. The average molecular weight is 376 g/mol. The van der Waals surface area contributed by atoms with Crippen molar-refractivity contribution < 1.29 is 14.3 Å². The molecule has 0 unspecified atom stereocenters. The molecular weight excluding hydrogens is 358 g/mol. The number of carbonyl (C=O) groups is 1. The first-order valence-corrected chi connectivity index (χ1v) is 8.28. The molecule has 0 aliphatic carbocycles. The number of halogens is 1. The Labute approximate surface area is 143 Å². The van der Waals surface area contributed by atoms with Crippen molar-refractivity contribution in [2.75, 3.05) is 5.32 Å². The van der Waals surface area contributed by atoms with E-state index in [9.17, 15) is 4.79 Å². The molecule has 0 aromatic heterocycles. The third-order valence-electron chi connectivity index (χ3n) is 3.52. The molecule has 0 atom stereocenters. The maximum Gasteiger partial charge on any atom is 0.246 e. The number of hydrogen-bond acceptors (Lipinski definition) is 3. The van der Waals surface area contributed by atoms with E-state index in [1.165, 1.54) is 0 Å². The van der Waals surface area contributed by atoms with Gasteiger partial charge in [-0.2, -0.15) is 0 Å². The summed E-state index contributed by atoms with van der Waals surface area (Å²) in [5.41, 5.74) is 1.83. The van der Waals surface area contributed by atoms with Gasteiger partial charge in [0.15, 0.2) is 11.5 Å². The van der Waals surface area contributed by atoms with Crippen molar-refractivity contribution in [3.63, 3.8) is 0 Å². The van der Waals surface area contributed by atoms with Crippen molar-refractivity contribution in [3.8, 4) is 11.5 Å². The van der Waals surface area contributed by atoms with E-state index >= 15 is 0 Å². The summed E-state index contributed by atoms with van der Waals surface area (Å²) < 4.78 is 12.3. The van der Waals surface area contributed by atoms with Crippen LogP contribution in [0.5, 0.6) is 11.5 Å². The topological polar surface area (TPSA) is 47.6 Å². The number of anilines is 1. The Hall–Kier alpha value is -2.01. The second kappa shape index (κ2) is 6.24. The van der Waals surface area contributed by atoms with Crippen LogP contribution in [0.3, 0.4) is 0 Å². The number of rotatable bonds is 4. The molecule has 1 amide bonds. The molecule has 0 saturated carbocycles. The van der Waals surface area contributed by atoms with E-state index < -0.39 is 5.79 Å². The van der Waals surface area contributed by atoms with Gasteiger partial charge in [0.05, 0.1) is 0 Å². The summed E-state index contributed by atoms with van der Waals surface area (Å²) in [4.78, 5) is 12.1. The first-order chi connectivity index (χ1) is 10.9. The number of carbonyl (C=O) groups excluding carboxylic acids is 1. The highest BCUT2D eigenvalue weighted by Crippen LogP contribution is 2.40. The lowest BCUT2D eigenvalue weighted by Gasteiger charge is -2.16. The van der Waals surface area contributed by atoms with Crippen LogP contribution in [-0.4, -0.2) is 11.7 Å². The number of hydrogen-bond donors (Lipinski definition) is 1. The zero-order valence-corrected chi connectivity index (χ0v) is 14.6. The van der Waals surface area contributed by atoms with Crippen LogP contribution in [0, 0.1) is 0 Å². The third-order valence-corrected chi connectivity index (χ3v) is 4.29. The summed E-state index contributed by atoms with van der Waals surface area (Å²) in [5.74, 6) is 0.656. The normalized spacial score (nSPS) is 14.6. The molecule has 1 heterocycles. The molecule has 0 radical (unpaired) electrons. The quantitative estimate of drug-likeness (QED) is 0.853. The van der Waals surface area contributed by atoms with Crippen molar-refractivity contribution in [2.45, 2.75) is 32.5 Å². The van der Waals surface area contributed by atoms with Crippen LogP contribution in [-0.2, 0) is 11.2 Å². The second-order valence-corrected chi connectivity index (χ2v) is 6.76. The molecule has 0 bridgehead atoms. The number of aryl methyl sites for hydroxylation is 1. The van der Waals surface area contributed by atoms with Crippen LogP contribution in [0.1, 0.15) is 25.8 Å². The number of ether oxygens (including phenoxy) is 2. The Bertz CT molecular complexity index is 743. The van der Waals surface area contributed by atoms with Gasteiger partial charge in [0.2, 0.25) is 11.7 Å². The highest BCUT2D eigenvalue weighted by Gasteiger charge is 2.31. The van der Waals surface area contributed by atoms with Crippen LogP contribution in [0.4, 0.5) is 5.69 Å². The number of nitrogens with one attached hydrogen (secondary N) is 1. The third kappa shape index (κ3) is 3.85. The van der Waals surface area contributed by atoms with Gasteiger partial charge in [-0.15, -0.1) is 0 Å². The fourth-order valence-electron chi connectivity index (χ4n) is 2.47. The fourth-order valence-corrected chi connectivity index (χ4v) is 2.96. The van der Waals surface area contributed by atoms with Gasteiger partial charge in [0, 0.05) is 36.5 Å². The Morgan fingerprint density at radius 2 is 1.87 bits per heavy atom. The molecule has 1 aliphatic rings. The summed E-state index contributed by atoms with van der Waals surface area (Å²) in [5, 5.41) is 2.90. The SMILES string of the molecule is CC1(C)Oc2ccc(NC(=O)CCc3ccccc3Br)cc2O1. The zero-order valence-electron chi connectivity index (χ0n) is 13.1. The maximum atomic E-state index is 12.1. The van der Waals surface area contributed by atoms with E-state index in [2.05, 4.69) is 21.2 Å². The molecule has 0 saturated heterocycles. The number of benzene rings is 2. The summed E-state index contributed by atoms with van der Waals surface area (Å²) in [6, 6.07) is 13.3. The van der Waals surface area contributed by atoms with Gasteiger partial charge in [-0.1, -0.05) is 34.1 Å². The fraction of sp³-hybridized carbons (Fsp3) is 0.278. The van der Waals surface area contributed by atoms with Crippen LogP contribution >= 0.6 is 15.9 Å². The van der Waals surface area contributed by atoms with E-state index in [1.54, 1.807) is 6.07 Å². The summed E-state index contributed by atoms with van der Waals surface area (Å²) >= 11 is 3.50. The molecule has 1 aliphatic heterocycles. The molecule has 4 nitrogen and oxygen atoms in total. The van der Waals surface area contributed by atoms with Gasteiger partial charge in [0.25, 0.3) is 0 Å². The second-order valence-electron chi connectivity index (χ2n) is 5.91. The molecule has 0 fully saturated rings. The van der Waals surface area contributed by atoms with Crippen molar-refractivity contribution in [1.82, 2.24) is 0 Å². The van der Waals surface area contributed by atoms with E-state index in [0.29, 0.717) is 30.0 Å². The van der Waals surface area contributed by atoms with E-state index in [4.69, 9.17) is 9.47 Å². The van der Waals surface area contributed by atoms with Gasteiger partial charge in [-0.05, 0) is 30.2 Å². The van der Waals surface area contributed by atoms with Gasteiger partial charge in [0.1, 0.15) is 0 Å². The average Bonchev–Trinajstić information content (AvgIpc) is 2.79. The molecule has 1 N–H and O–H groups in total. The molecule has 2 aromatic rings. The van der Waals surface area contributed by atoms with Crippen LogP contribution in [0.2, 0.25) is 0 Å². The lowest BCUT2D eigenvalue weighted by atomic mass is 10.1. The summed E-state index contributed by atoms with van der Waals surface area (Å²) in [6.07, 6.45) is 1.10. The Morgan fingerprint density at radius 3 is 2.65 bits per heavy atom. The Kier molecular flexibility index (Phi) is 4.31. The van der Waals surface area contributed by atoms with Crippen LogP contribution in [0.15, 0.2) is 46.9 Å². The molecule has 3 rings (SSSR count). The molecule has 5 heteroatoms. The van der Waals surface area contributed by atoms with Crippen molar-refractivity contribution in [1.29, 1.82) is 0 Å². The monoisotopic (exact) mass is 375 g/mol. The largest absolute Gasteiger partial charge is 0.449 e. The predicted molar refractivity (Wildman–Crippen MR) is 92.9 cm³/mol. The zero-order chi connectivity index (χ0) is 16.4. The van der Waals surface area contributed by atoms with Gasteiger partial charge in [-0.25, -0.2) is 0 Å². The number of fused-ring (bicyclic) bond motifs is 1. The minimum absolute atomic E-state index is 0.0288. The lowest BCUT2D eigenvalue weighted by molar-refractivity contribution is -0.116. The molecule has 2 aromatic carbocycles. The maximum absolute atomic E-state index is 12.1. The highest BCUT2D eigenvalue weighted by atomic mass is 79.9. The molecule has 0 spiro atoms. The minimum Gasteiger partial charge on any atom is -0.449 e. The Morgan fingerprint density at radius 1 is 1.13 bits per heavy atom. The molecule has 23 heavy (non-hydrogen) atoms. The highest BCUT2D eigenvalue weighted by molar-refractivity contribution is 9.10. The van der Waals surface area contributed by atoms with Gasteiger partial charge in [-0.3, -0.25) is 4.79 Å². The Balaban J connectivity index is 1.60. The summed E-state index contributed by atoms with van der Waals surface area (Å²) in [6.45, 7) is 3.70. The number of amides is 1. The van der Waals surface area contributed by atoms with E-state index in [1.807, 2.05) is 50.2 Å². The van der Waals surface area contributed by atoms with Crippen molar-refractivity contribution >= 4 is 27.5 Å². The van der Waals surface area contributed by atoms with Gasteiger partial charge >= 0.3 is 0 Å². The predicted octanol–water partition coefficient (Wildman–Crippen LogP) is 4.53. The molecular formula is C18H18BrNO3. The van der Waals surface area contributed by atoms with E-state index in [-0.39, 0.29) is 5.91 Å². The summed E-state index contributed by atoms with van der Waals surface area (Å²) in [7, 11) is 0. The van der Waals surface area contributed by atoms with Gasteiger partial charge < -0.3 is 14.8 Å². The first kappa shape index (κ1) is 15.9. The lowest BCUT2D eigenvalue weighted by Crippen LogP contribution is -2.29. The van der Waals surface area contributed by atoms with E-state index in [0.717, 1.165) is 10.0 Å². The van der Waals surface area contributed by atoms with Crippen LogP contribution < -0.4 is 14.8 Å². The minimum atomic E-state index is -0.662. The first-order valence-electron chi connectivity index (χ1n) is 7.48. The standard InChI is InChI=1S/C18H18BrNO3/c1-18(2)22-15-9-8-13(11-16(15)23-18)20-17(21)10-7-12-5-3-4-6-14(12)19/h3-6,8-9,11H,7,10H2,1-2H3,(H,20,21). The van der Waals surface area contributed by atoms with Crippen molar-refractivity contribution in [2.24, 2.45) is 0 Å². The van der Waals surface area contributed by atoms with Crippen LogP contribution in [0.25, 0.3) is 0 Å².